The summed E-state index contributed by atoms with van der Waals surface area (Å²) >= 11 is 0. The van der Waals surface area contributed by atoms with Crippen molar-refractivity contribution in [3.63, 3.8) is 0 Å². The summed E-state index contributed by atoms with van der Waals surface area (Å²) in [7, 11) is 0. The average molecular weight is 225 g/mol. The topological polar surface area (TPSA) is 49.3 Å². The average Bonchev–Trinajstić information content (AvgIpc) is 2.16. The molecule has 1 atom stereocenters. The highest BCUT2D eigenvalue weighted by molar-refractivity contribution is 5.84. The quantitative estimate of drug-likeness (QED) is 0.823. The number of benzene rings is 1. The highest BCUT2D eigenvalue weighted by Crippen LogP contribution is 2.16. The van der Waals surface area contributed by atoms with Crippen LogP contribution in [0.15, 0.2) is 24.3 Å². The lowest BCUT2D eigenvalue weighted by Gasteiger charge is -2.21. The number of hydrogen-bond donors (Lipinski definition) is 2. The number of aliphatic hydroxyl groups is 1. The molecule has 88 valence electrons. The van der Waals surface area contributed by atoms with Crippen LogP contribution < -0.4 is 5.32 Å². The number of carbonyl (C=O) groups is 1. The van der Waals surface area contributed by atoms with Gasteiger partial charge in [-0.2, -0.15) is 0 Å². The van der Waals surface area contributed by atoms with E-state index in [-0.39, 0.29) is 5.82 Å². The van der Waals surface area contributed by atoms with Crippen molar-refractivity contribution in [3.05, 3.63) is 35.6 Å². The highest BCUT2D eigenvalue weighted by atomic mass is 19.1. The summed E-state index contributed by atoms with van der Waals surface area (Å²) in [5, 5.41) is 12.0. The summed E-state index contributed by atoms with van der Waals surface area (Å²) in [4.78, 5) is 11.5. The first kappa shape index (κ1) is 12.6. The summed E-state index contributed by atoms with van der Waals surface area (Å²) in [6, 6.07) is 5.75. The molecule has 1 rings (SSSR count). The Labute approximate surface area is 94.3 Å². The Kier molecular flexibility index (Phi) is 3.65. The number of carbonyl (C=O) groups excluding carboxylic acids is 1. The van der Waals surface area contributed by atoms with Gasteiger partial charge in [0.1, 0.15) is 11.4 Å². The molecule has 0 bridgehead atoms. The first-order valence-corrected chi connectivity index (χ1v) is 5.10. The predicted molar refractivity (Wildman–Crippen MR) is 59.3 cm³/mol. The molecule has 3 nitrogen and oxygen atoms in total. The van der Waals surface area contributed by atoms with Gasteiger partial charge in [0.25, 0.3) is 5.91 Å². The van der Waals surface area contributed by atoms with E-state index >= 15 is 0 Å². The third kappa shape index (κ3) is 3.03. The van der Waals surface area contributed by atoms with Crippen molar-refractivity contribution in [1.82, 2.24) is 5.32 Å². The minimum Gasteiger partial charge on any atom is -0.381 e. The molecule has 1 aromatic carbocycles. The minimum absolute atomic E-state index is 0.369. The predicted octanol–water partition coefficient (Wildman–Crippen LogP) is 1.77. The van der Waals surface area contributed by atoms with Crippen LogP contribution >= 0.6 is 0 Å². The van der Waals surface area contributed by atoms with Gasteiger partial charge in [0, 0.05) is 5.56 Å². The van der Waals surface area contributed by atoms with Crippen LogP contribution in [0.1, 0.15) is 32.4 Å². The number of rotatable bonds is 3. The molecule has 0 aliphatic rings. The molecule has 0 radical (unpaired) electrons. The lowest BCUT2D eigenvalue weighted by molar-refractivity contribution is -0.137. The molecule has 16 heavy (non-hydrogen) atoms. The van der Waals surface area contributed by atoms with E-state index in [1.165, 1.54) is 19.9 Å². The van der Waals surface area contributed by atoms with Crippen LogP contribution in [-0.4, -0.2) is 16.6 Å². The molecule has 4 heteroatoms. The molecule has 0 heterocycles. The van der Waals surface area contributed by atoms with Crippen molar-refractivity contribution < 1.29 is 14.3 Å². The van der Waals surface area contributed by atoms with Crippen LogP contribution in [0.4, 0.5) is 4.39 Å². The SMILES string of the molecule is CC(NC(=O)C(C)(C)O)c1ccccc1F. The molecule has 2 N–H and O–H groups in total. The maximum absolute atomic E-state index is 13.4. The lowest BCUT2D eigenvalue weighted by Crippen LogP contribution is -2.43. The van der Waals surface area contributed by atoms with Crippen LogP contribution in [0.3, 0.4) is 0 Å². The van der Waals surface area contributed by atoms with Crippen LogP contribution in [0.2, 0.25) is 0 Å². The molecule has 0 fully saturated rings. The zero-order valence-corrected chi connectivity index (χ0v) is 9.62. The van der Waals surface area contributed by atoms with Gasteiger partial charge in [0.05, 0.1) is 6.04 Å². The van der Waals surface area contributed by atoms with Crippen molar-refractivity contribution in [2.75, 3.05) is 0 Å². The molecule has 0 saturated carbocycles. The van der Waals surface area contributed by atoms with E-state index in [1.54, 1.807) is 25.1 Å². The summed E-state index contributed by atoms with van der Waals surface area (Å²) in [5.74, 6) is -0.894. The first-order chi connectivity index (χ1) is 7.32. The summed E-state index contributed by atoms with van der Waals surface area (Å²) in [6.07, 6.45) is 0. The summed E-state index contributed by atoms with van der Waals surface area (Å²) < 4.78 is 13.4. The van der Waals surface area contributed by atoms with Crippen molar-refractivity contribution in [2.45, 2.75) is 32.4 Å². The van der Waals surface area contributed by atoms with Crippen LogP contribution in [0.5, 0.6) is 0 Å². The number of amides is 1. The largest absolute Gasteiger partial charge is 0.381 e. The van der Waals surface area contributed by atoms with Crippen LogP contribution in [-0.2, 0) is 4.79 Å². The zero-order valence-electron chi connectivity index (χ0n) is 9.62. The molecular formula is C12H16FNO2. The van der Waals surface area contributed by atoms with E-state index in [1.807, 2.05) is 0 Å². The second kappa shape index (κ2) is 4.61. The fourth-order valence-electron chi connectivity index (χ4n) is 1.28. The van der Waals surface area contributed by atoms with E-state index in [9.17, 15) is 14.3 Å². The van der Waals surface area contributed by atoms with Crippen molar-refractivity contribution in [2.24, 2.45) is 0 Å². The molecule has 0 aliphatic heterocycles. The van der Waals surface area contributed by atoms with Gasteiger partial charge >= 0.3 is 0 Å². The molecule has 0 saturated heterocycles. The molecular weight excluding hydrogens is 209 g/mol. The fourth-order valence-corrected chi connectivity index (χ4v) is 1.28. The highest BCUT2D eigenvalue weighted by Gasteiger charge is 2.25. The monoisotopic (exact) mass is 225 g/mol. The van der Waals surface area contributed by atoms with Gasteiger partial charge < -0.3 is 10.4 Å². The third-order valence-electron chi connectivity index (χ3n) is 2.27. The molecule has 0 aromatic heterocycles. The summed E-state index contributed by atoms with van der Waals surface area (Å²) in [6.45, 7) is 4.44. The normalized spacial score (nSPS) is 13.3. The number of halogens is 1. The second-order valence-corrected chi connectivity index (χ2v) is 4.28. The molecule has 0 spiro atoms. The van der Waals surface area contributed by atoms with Gasteiger partial charge in [-0.05, 0) is 26.8 Å². The smallest absolute Gasteiger partial charge is 0.251 e. The van der Waals surface area contributed by atoms with Crippen LogP contribution in [0.25, 0.3) is 0 Å². The van der Waals surface area contributed by atoms with Crippen molar-refractivity contribution in [3.8, 4) is 0 Å². The van der Waals surface area contributed by atoms with E-state index in [0.717, 1.165) is 0 Å². The van der Waals surface area contributed by atoms with E-state index in [0.29, 0.717) is 5.56 Å². The van der Waals surface area contributed by atoms with E-state index < -0.39 is 17.6 Å². The van der Waals surface area contributed by atoms with Crippen molar-refractivity contribution in [1.29, 1.82) is 0 Å². The molecule has 1 amide bonds. The Morgan fingerprint density at radius 2 is 2.00 bits per heavy atom. The van der Waals surface area contributed by atoms with E-state index in [2.05, 4.69) is 5.32 Å². The third-order valence-corrected chi connectivity index (χ3v) is 2.27. The number of hydrogen-bond acceptors (Lipinski definition) is 2. The molecule has 1 aromatic rings. The van der Waals surface area contributed by atoms with E-state index in [4.69, 9.17) is 0 Å². The van der Waals surface area contributed by atoms with Gasteiger partial charge in [0.15, 0.2) is 0 Å². The fraction of sp³-hybridized carbons (Fsp3) is 0.417. The maximum Gasteiger partial charge on any atom is 0.251 e. The second-order valence-electron chi connectivity index (χ2n) is 4.28. The molecule has 0 aliphatic carbocycles. The Morgan fingerprint density at radius 3 is 2.50 bits per heavy atom. The van der Waals surface area contributed by atoms with Gasteiger partial charge in [-0.25, -0.2) is 4.39 Å². The zero-order chi connectivity index (χ0) is 12.3. The number of nitrogens with one attached hydrogen (secondary N) is 1. The lowest BCUT2D eigenvalue weighted by atomic mass is 10.1. The van der Waals surface area contributed by atoms with Gasteiger partial charge in [-0.15, -0.1) is 0 Å². The van der Waals surface area contributed by atoms with Gasteiger partial charge in [0.2, 0.25) is 0 Å². The Hall–Kier alpha value is -1.42. The Morgan fingerprint density at radius 1 is 1.44 bits per heavy atom. The maximum atomic E-state index is 13.4. The van der Waals surface area contributed by atoms with Gasteiger partial charge in [-0.3, -0.25) is 4.79 Å². The Balaban J connectivity index is 2.78. The molecule has 1 unspecified atom stereocenters. The van der Waals surface area contributed by atoms with Gasteiger partial charge in [-0.1, -0.05) is 18.2 Å². The Bertz CT molecular complexity index is 385. The minimum atomic E-state index is -1.46. The summed E-state index contributed by atoms with van der Waals surface area (Å²) in [5.41, 5.74) is -1.06. The standard InChI is InChI=1S/C12H16FNO2/c1-8(14-11(15)12(2,3)16)9-6-4-5-7-10(9)13/h4-8,16H,1-3H3,(H,14,15). The van der Waals surface area contributed by atoms with Crippen LogP contribution in [0, 0.1) is 5.82 Å². The van der Waals surface area contributed by atoms with Crippen molar-refractivity contribution >= 4 is 5.91 Å². The first-order valence-electron chi connectivity index (χ1n) is 5.10.